The number of para-hydroxylation sites is 1. The number of carbonyl (C=O) groups excluding carboxylic acids is 1. The largest absolute Gasteiger partial charge is 0.457 e. The summed E-state index contributed by atoms with van der Waals surface area (Å²) in [5.74, 6) is 1.39. The number of hydrogen-bond donors (Lipinski definition) is 1. The zero-order valence-electron chi connectivity index (χ0n) is 9.71. The lowest BCUT2D eigenvalue weighted by atomic mass is 10.1. The summed E-state index contributed by atoms with van der Waals surface area (Å²) in [7, 11) is 0. The van der Waals surface area contributed by atoms with Gasteiger partial charge in [-0.15, -0.1) is 12.4 Å². The summed E-state index contributed by atoms with van der Waals surface area (Å²) < 4.78 is 5.60. The van der Waals surface area contributed by atoms with Crippen molar-refractivity contribution >= 4 is 18.2 Å². The molecule has 0 heterocycles. The molecule has 0 unspecified atom stereocenters. The van der Waals surface area contributed by atoms with Crippen molar-refractivity contribution < 1.29 is 9.53 Å². The van der Waals surface area contributed by atoms with Crippen LogP contribution >= 0.6 is 12.4 Å². The highest BCUT2D eigenvalue weighted by Crippen LogP contribution is 2.21. The van der Waals surface area contributed by atoms with Crippen LogP contribution < -0.4 is 10.5 Å². The molecule has 0 aliphatic heterocycles. The quantitative estimate of drug-likeness (QED) is 0.863. The normalized spacial score (nSPS) is 9.39. The molecule has 2 aromatic rings. The Morgan fingerprint density at radius 3 is 2.06 bits per heavy atom. The fourth-order valence-electron chi connectivity index (χ4n) is 1.45. The zero-order valence-corrected chi connectivity index (χ0v) is 10.5. The van der Waals surface area contributed by atoms with Gasteiger partial charge in [0.05, 0.1) is 6.54 Å². The molecule has 0 aliphatic rings. The summed E-state index contributed by atoms with van der Waals surface area (Å²) in [6, 6.07) is 16.4. The number of rotatable bonds is 4. The summed E-state index contributed by atoms with van der Waals surface area (Å²) in [6.07, 6.45) is 0. The van der Waals surface area contributed by atoms with E-state index >= 15 is 0 Å². The van der Waals surface area contributed by atoms with Crippen LogP contribution in [0.3, 0.4) is 0 Å². The molecule has 0 aliphatic carbocycles. The van der Waals surface area contributed by atoms with Crippen molar-refractivity contribution in [2.24, 2.45) is 5.73 Å². The lowest BCUT2D eigenvalue weighted by Crippen LogP contribution is -2.13. The zero-order chi connectivity index (χ0) is 12.1. The molecule has 0 atom stereocenters. The van der Waals surface area contributed by atoms with Crippen LogP contribution in [0.5, 0.6) is 11.5 Å². The molecule has 0 spiro atoms. The van der Waals surface area contributed by atoms with Gasteiger partial charge >= 0.3 is 0 Å². The van der Waals surface area contributed by atoms with Gasteiger partial charge in [0.15, 0.2) is 5.78 Å². The first-order chi connectivity index (χ1) is 8.29. The summed E-state index contributed by atoms with van der Waals surface area (Å²) in [6.45, 7) is 0.0267. The molecule has 2 N–H and O–H groups in total. The molecule has 18 heavy (non-hydrogen) atoms. The van der Waals surface area contributed by atoms with Crippen molar-refractivity contribution in [1.29, 1.82) is 0 Å². The Hall–Kier alpha value is -1.84. The van der Waals surface area contributed by atoms with E-state index in [1.807, 2.05) is 30.3 Å². The van der Waals surface area contributed by atoms with Gasteiger partial charge in [0.1, 0.15) is 11.5 Å². The third kappa shape index (κ3) is 3.58. The molecule has 0 aromatic heterocycles. The van der Waals surface area contributed by atoms with Crippen LogP contribution in [0.25, 0.3) is 0 Å². The van der Waals surface area contributed by atoms with Gasteiger partial charge in [-0.05, 0) is 36.4 Å². The Kier molecular flexibility index (Phi) is 5.36. The van der Waals surface area contributed by atoms with Gasteiger partial charge in [-0.1, -0.05) is 18.2 Å². The standard InChI is InChI=1S/C14H13NO2.ClH/c15-10-14(16)11-6-8-13(9-7-11)17-12-4-2-1-3-5-12;/h1-9H,10,15H2;1H. The monoisotopic (exact) mass is 263 g/mol. The van der Waals surface area contributed by atoms with Gasteiger partial charge in [-0.3, -0.25) is 4.79 Å². The number of Topliss-reactive ketones (excluding diaryl/α,β-unsaturated/α-hetero) is 1. The number of ether oxygens (including phenoxy) is 1. The van der Waals surface area contributed by atoms with E-state index in [0.717, 1.165) is 5.75 Å². The molecule has 94 valence electrons. The van der Waals surface area contributed by atoms with Crippen LogP contribution in [0.4, 0.5) is 0 Å². The average Bonchev–Trinajstić information content (AvgIpc) is 2.40. The van der Waals surface area contributed by atoms with E-state index in [9.17, 15) is 4.79 Å². The number of carbonyl (C=O) groups is 1. The van der Waals surface area contributed by atoms with Crippen LogP contribution in [0.15, 0.2) is 54.6 Å². The molecule has 0 fully saturated rings. The fourth-order valence-corrected chi connectivity index (χ4v) is 1.45. The van der Waals surface area contributed by atoms with E-state index < -0.39 is 0 Å². The molecule has 0 saturated heterocycles. The summed E-state index contributed by atoms with van der Waals surface area (Å²) in [4.78, 5) is 11.3. The maximum absolute atomic E-state index is 11.3. The Bertz CT molecular complexity index is 497. The Labute approximate surface area is 112 Å². The van der Waals surface area contributed by atoms with Crippen molar-refractivity contribution in [2.75, 3.05) is 6.54 Å². The van der Waals surface area contributed by atoms with Crippen molar-refractivity contribution in [3.05, 3.63) is 60.2 Å². The molecule has 0 amide bonds. The predicted octanol–water partition coefficient (Wildman–Crippen LogP) is 3.04. The molecule has 2 aromatic carbocycles. The van der Waals surface area contributed by atoms with E-state index in [2.05, 4.69) is 0 Å². The van der Waals surface area contributed by atoms with Gasteiger partial charge < -0.3 is 10.5 Å². The second-order valence-corrected chi connectivity index (χ2v) is 3.57. The minimum Gasteiger partial charge on any atom is -0.457 e. The molecule has 3 nitrogen and oxygen atoms in total. The van der Waals surface area contributed by atoms with Crippen LogP contribution in [0.1, 0.15) is 10.4 Å². The first-order valence-electron chi connectivity index (χ1n) is 5.36. The minimum absolute atomic E-state index is 0. The molecule has 2 rings (SSSR count). The van der Waals surface area contributed by atoms with E-state index in [-0.39, 0.29) is 24.7 Å². The van der Waals surface area contributed by atoms with E-state index in [0.29, 0.717) is 11.3 Å². The summed E-state index contributed by atoms with van der Waals surface area (Å²) >= 11 is 0. The third-order valence-corrected chi connectivity index (χ3v) is 2.34. The Morgan fingerprint density at radius 1 is 0.944 bits per heavy atom. The second kappa shape index (κ2) is 6.79. The smallest absolute Gasteiger partial charge is 0.176 e. The number of benzene rings is 2. The lowest BCUT2D eigenvalue weighted by molar-refractivity contribution is 0.100. The van der Waals surface area contributed by atoms with Gasteiger partial charge in [0.2, 0.25) is 0 Å². The number of nitrogens with two attached hydrogens (primary N) is 1. The minimum atomic E-state index is -0.0729. The highest BCUT2D eigenvalue weighted by atomic mass is 35.5. The topological polar surface area (TPSA) is 52.3 Å². The molecular weight excluding hydrogens is 250 g/mol. The van der Waals surface area contributed by atoms with Crippen molar-refractivity contribution in [1.82, 2.24) is 0 Å². The van der Waals surface area contributed by atoms with Crippen LogP contribution in [0.2, 0.25) is 0 Å². The molecular formula is C14H14ClNO2. The average molecular weight is 264 g/mol. The summed E-state index contributed by atoms with van der Waals surface area (Å²) in [5, 5.41) is 0. The molecule has 4 heteroatoms. The number of hydrogen-bond acceptors (Lipinski definition) is 3. The maximum Gasteiger partial charge on any atom is 0.176 e. The van der Waals surface area contributed by atoms with Crippen LogP contribution in [-0.4, -0.2) is 12.3 Å². The second-order valence-electron chi connectivity index (χ2n) is 3.57. The molecule has 0 radical (unpaired) electrons. The number of ketones is 1. The van der Waals surface area contributed by atoms with Gasteiger partial charge in [0, 0.05) is 5.56 Å². The Morgan fingerprint density at radius 2 is 1.50 bits per heavy atom. The van der Waals surface area contributed by atoms with Gasteiger partial charge in [0.25, 0.3) is 0 Å². The first-order valence-corrected chi connectivity index (χ1v) is 5.36. The highest BCUT2D eigenvalue weighted by Gasteiger charge is 2.03. The Balaban J connectivity index is 0.00000162. The maximum atomic E-state index is 11.3. The summed E-state index contributed by atoms with van der Waals surface area (Å²) in [5.41, 5.74) is 5.89. The lowest BCUT2D eigenvalue weighted by Gasteiger charge is -2.05. The molecule has 0 bridgehead atoms. The van der Waals surface area contributed by atoms with Gasteiger partial charge in [-0.2, -0.15) is 0 Å². The van der Waals surface area contributed by atoms with Crippen LogP contribution in [0, 0.1) is 0 Å². The first kappa shape index (κ1) is 14.2. The van der Waals surface area contributed by atoms with Crippen molar-refractivity contribution in [3.8, 4) is 11.5 Å². The third-order valence-electron chi connectivity index (χ3n) is 2.34. The van der Waals surface area contributed by atoms with E-state index in [1.165, 1.54) is 0 Å². The van der Waals surface area contributed by atoms with E-state index in [4.69, 9.17) is 10.5 Å². The SMILES string of the molecule is Cl.NCC(=O)c1ccc(Oc2ccccc2)cc1. The number of halogens is 1. The fraction of sp³-hybridized carbons (Fsp3) is 0.0714. The highest BCUT2D eigenvalue weighted by molar-refractivity contribution is 5.97. The van der Waals surface area contributed by atoms with Crippen molar-refractivity contribution in [3.63, 3.8) is 0 Å². The van der Waals surface area contributed by atoms with Gasteiger partial charge in [-0.25, -0.2) is 0 Å². The van der Waals surface area contributed by atoms with Crippen molar-refractivity contribution in [2.45, 2.75) is 0 Å². The van der Waals surface area contributed by atoms with E-state index in [1.54, 1.807) is 24.3 Å². The van der Waals surface area contributed by atoms with Crippen LogP contribution in [-0.2, 0) is 0 Å². The molecule has 0 saturated carbocycles. The predicted molar refractivity (Wildman–Crippen MR) is 73.6 cm³/mol.